The van der Waals surface area contributed by atoms with Crippen LogP contribution in [-0.2, 0) is 4.79 Å². The van der Waals surface area contributed by atoms with Gasteiger partial charge in [-0.15, -0.1) is 0 Å². The van der Waals surface area contributed by atoms with E-state index in [0.717, 1.165) is 12.1 Å². The molecule has 0 saturated carbocycles. The van der Waals surface area contributed by atoms with E-state index in [2.05, 4.69) is 17.2 Å². The van der Waals surface area contributed by atoms with Crippen LogP contribution in [0.5, 0.6) is 5.75 Å². The van der Waals surface area contributed by atoms with Crippen molar-refractivity contribution in [1.82, 2.24) is 5.32 Å². The van der Waals surface area contributed by atoms with Crippen LogP contribution in [0.3, 0.4) is 0 Å². The number of benzene rings is 1. The molecule has 0 heterocycles. The first kappa shape index (κ1) is 16.0. The number of halogens is 2. The summed E-state index contributed by atoms with van der Waals surface area (Å²) in [7, 11) is 0. The summed E-state index contributed by atoms with van der Waals surface area (Å²) in [4.78, 5) is 11.5. The lowest BCUT2D eigenvalue weighted by atomic mass is 9.96. The summed E-state index contributed by atoms with van der Waals surface area (Å²) in [5, 5.41) is 2.65. The molecule has 0 unspecified atom stereocenters. The molecule has 1 amide bonds. The minimum atomic E-state index is -0.771. The molecule has 0 radical (unpaired) electrons. The molecule has 1 N–H and O–H groups in total. The Labute approximate surface area is 117 Å². The lowest BCUT2D eigenvalue weighted by molar-refractivity contribution is -0.128. The molecule has 0 aliphatic carbocycles. The fourth-order valence-corrected chi connectivity index (χ4v) is 1.21. The zero-order chi connectivity index (χ0) is 15.2. The van der Waals surface area contributed by atoms with Crippen molar-refractivity contribution in [2.75, 3.05) is 13.2 Å². The van der Waals surface area contributed by atoms with Crippen molar-refractivity contribution in [3.63, 3.8) is 0 Å². The maximum Gasteiger partial charge on any atom is 0.226 e. The molecule has 0 saturated heterocycles. The van der Waals surface area contributed by atoms with E-state index >= 15 is 0 Å². The number of hydrogen-bond donors (Lipinski definition) is 1. The van der Waals surface area contributed by atoms with E-state index in [-0.39, 0.29) is 24.8 Å². The molecule has 1 aromatic carbocycles. The molecule has 20 heavy (non-hydrogen) atoms. The van der Waals surface area contributed by atoms with Gasteiger partial charge in [0, 0.05) is 11.5 Å². The molecular formula is C15H17F2NO2. The molecule has 0 aliphatic rings. The molecule has 0 aromatic heterocycles. The van der Waals surface area contributed by atoms with E-state index in [1.807, 2.05) is 0 Å². The van der Waals surface area contributed by atoms with E-state index in [1.54, 1.807) is 20.8 Å². The highest BCUT2D eigenvalue weighted by atomic mass is 19.1. The smallest absolute Gasteiger partial charge is 0.226 e. The number of ether oxygens (including phenoxy) is 1. The summed E-state index contributed by atoms with van der Waals surface area (Å²) in [5.41, 5.74) is -0.463. The average molecular weight is 281 g/mol. The second-order valence-corrected chi connectivity index (χ2v) is 5.15. The van der Waals surface area contributed by atoms with Gasteiger partial charge in [-0.3, -0.25) is 4.79 Å². The van der Waals surface area contributed by atoms with Crippen LogP contribution < -0.4 is 10.1 Å². The third kappa shape index (κ3) is 5.27. The van der Waals surface area contributed by atoms with E-state index in [4.69, 9.17) is 4.74 Å². The van der Waals surface area contributed by atoms with Crippen LogP contribution in [0.15, 0.2) is 18.2 Å². The summed E-state index contributed by atoms with van der Waals surface area (Å²) in [6.07, 6.45) is 0. The highest BCUT2D eigenvalue weighted by molar-refractivity contribution is 5.81. The van der Waals surface area contributed by atoms with Crippen LogP contribution in [0.1, 0.15) is 20.8 Å². The van der Waals surface area contributed by atoms with Crippen molar-refractivity contribution in [1.29, 1.82) is 0 Å². The van der Waals surface area contributed by atoms with Crippen LogP contribution in [0.2, 0.25) is 0 Å². The Morgan fingerprint density at radius 2 is 2.00 bits per heavy atom. The van der Waals surface area contributed by atoms with Gasteiger partial charge in [0.15, 0.2) is 11.6 Å². The Bertz CT molecular complexity index is 539. The summed E-state index contributed by atoms with van der Waals surface area (Å²) in [6, 6.07) is 3.05. The van der Waals surface area contributed by atoms with Gasteiger partial charge in [0.05, 0.1) is 6.54 Å². The molecule has 1 rings (SSSR count). The van der Waals surface area contributed by atoms with Gasteiger partial charge in [-0.05, 0) is 12.1 Å². The Balaban J connectivity index is 2.35. The van der Waals surface area contributed by atoms with Crippen molar-refractivity contribution in [2.45, 2.75) is 20.8 Å². The molecule has 1 aromatic rings. The van der Waals surface area contributed by atoms with Gasteiger partial charge in [0.1, 0.15) is 12.4 Å². The molecule has 108 valence electrons. The number of nitrogens with one attached hydrogen (secondary N) is 1. The second kappa shape index (κ2) is 6.90. The molecule has 0 spiro atoms. The van der Waals surface area contributed by atoms with Crippen molar-refractivity contribution < 1.29 is 18.3 Å². The highest BCUT2D eigenvalue weighted by Gasteiger charge is 2.19. The zero-order valence-corrected chi connectivity index (χ0v) is 11.7. The van der Waals surface area contributed by atoms with Crippen molar-refractivity contribution in [2.24, 2.45) is 5.41 Å². The molecule has 0 fully saturated rings. The number of amides is 1. The predicted octanol–water partition coefficient (Wildman–Crippen LogP) is 2.51. The zero-order valence-electron chi connectivity index (χ0n) is 11.7. The Morgan fingerprint density at radius 3 is 2.60 bits per heavy atom. The Morgan fingerprint density at radius 1 is 1.30 bits per heavy atom. The van der Waals surface area contributed by atoms with Gasteiger partial charge in [-0.1, -0.05) is 32.6 Å². The van der Waals surface area contributed by atoms with Gasteiger partial charge in [-0.2, -0.15) is 0 Å². The average Bonchev–Trinajstić information content (AvgIpc) is 2.34. The molecule has 0 atom stereocenters. The van der Waals surface area contributed by atoms with Crippen LogP contribution in [-0.4, -0.2) is 19.1 Å². The molecular weight excluding hydrogens is 264 g/mol. The molecule has 3 nitrogen and oxygen atoms in total. The van der Waals surface area contributed by atoms with Crippen LogP contribution >= 0.6 is 0 Å². The monoisotopic (exact) mass is 281 g/mol. The van der Waals surface area contributed by atoms with Crippen LogP contribution in [0.4, 0.5) is 8.78 Å². The normalized spacial score (nSPS) is 10.4. The van der Waals surface area contributed by atoms with E-state index in [1.165, 1.54) is 6.07 Å². The standard InChI is InChI=1S/C15H17F2NO2/c1-15(2,3)14(19)18-8-4-5-9-20-13-7-6-11(16)10-12(13)17/h6-7,10H,8-9H2,1-3H3,(H,18,19). The maximum atomic E-state index is 13.2. The summed E-state index contributed by atoms with van der Waals surface area (Å²) in [6.45, 7) is 5.57. The predicted molar refractivity (Wildman–Crippen MR) is 72.1 cm³/mol. The number of carbonyl (C=O) groups excluding carboxylic acids is 1. The third-order valence-electron chi connectivity index (χ3n) is 2.34. The Hall–Kier alpha value is -2.09. The second-order valence-electron chi connectivity index (χ2n) is 5.15. The third-order valence-corrected chi connectivity index (χ3v) is 2.34. The molecule has 0 bridgehead atoms. The topological polar surface area (TPSA) is 38.3 Å². The first-order chi connectivity index (χ1) is 9.30. The number of rotatable bonds is 3. The first-order valence-electron chi connectivity index (χ1n) is 6.12. The SMILES string of the molecule is CC(C)(C)C(=O)NCC#CCOc1ccc(F)cc1F. The summed E-state index contributed by atoms with van der Waals surface area (Å²) >= 11 is 0. The van der Waals surface area contributed by atoms with Gasteiger partial charge >= 0.3 is 0 Å². The van der Waals surface area contributed by atoms with Gasteiger partial charge in [0.2, 0.25) is 5.91 Å². The molecule has 5 heteroatoms. The highest BCUT2D eigenvalue weighted by Crippen LogP contribution is 2.17. The minimum absolute atomic E-state index is 0.0338. The van der Waals surface area contributed by atoms with Crippen LogP contribution in [0, 0.1) is 28.9 Å². The quantitative estimate of drug-likeness (QED) is 0.865. The number of carbonyl (C=O) groups is 1. The van der Waals surface area contributed by atoms with Crippen molar-refractivity contribution in [3.05, 3.63) is 29.8 Å². The van der Waals surface area contributed by atoms with E-state index < -0.39 is 17.0 Å². The maximum absolute atomic E-state index is 13.2. The lowest BCUT2D eigenvalue weighted by Gasteiger charge is -2.15. The van der Waals surface area contributed by atoms with Crippen molar-refractivity contribution in [3.8, 4) is 17.6 Å². The van der Waals surface area contributed by atoms with Gasteiger partial charge < -0.3 is 10.1 Å². The minimum Gasteiger partial charge on any atom is -0.478 e. The lowest BCUT2D eigenvalue weighted by Crippen LogP contribution is -2.34. The summed E-state index contributed by atoms with van der Waals surface area (Å²) < 4.78 is 30.9. The molecule has 0 aliphatic heterocycles. The Kier molecular flexibility index (Phi) is 5.51. The summed E-state index contributed by atoms with van der Waals surface area (Å²) in [5.74, 6) is 3.73. The fourth-order valence-electron chi connectivity index (χ4n) is 1.21. The van der Waals surface area contributed by atoms with E-state index in [9.17, 15) is 13.6 Å². The first-order valence-corrected chi connectivity index (χ1v) is 6.12. The van der Waals surface area contributed by atoms with Crippen LogP contribution in [0.25, 0.3) is 0 Å². The van der Waals surface area contributed by atoms with Gasteiger partial charge in [-0.25, -0.2) is 8.78 Å². The fraction of sp³-hybridized carbons (Fsp3) is 0.400. The van der Waals surface area contributed by atoms with Crippen molar-refractivity contribution >= 4 is 5.91 Å². The van der Waals surface area contributed by atoms with E-state index in [0.29, 0.717) is 0 Å². The van der Waals surface area contributed by atoms with Gasteiger partial charge in [0.25, 0.3) is 0 Å². The largest absolute Gasteiger partial charge is 0.478 e. The number of hydrogen-bond acceptors (Lipinski definition) is 2.